The first-order valence-corrected chi connectivity index (χ1v) is 4.47. The summed E-state index contributed by atoms with van der Waals surface area (Å²) >= 11 is 0. The molecular formula is C9H13NO4. The van der Waals surface area contributed by atoms with Gasteiger partial charge >= 0.3 is 5.97 Å². The smallest absolute Gasteiger partial charge is 0.315 e. The standard InChI is InChI=1S/C9H13NO4/c1-7(10(12)13)6-9(2)4-3-5-14-8(9)11/h6H,3-5H2,1-2H3/b7-6+/t9-/m0/s1. The van der Waals surface area contributed by atoms with Crippen LogP contribution >= 0.6 is 0 Å². The fourth-order valence-electron chi connectivity index (χ4n) is 1.52. The number of carbonyl (C=O) groups excluding carboxylic acids is 1. The van der Waals surface area contributed by atoms with Gasteiger partial charge in [-0.1, -0.05) is 0 Å². The summed E-state index contributed by atoms with van der Waals surface area (Å²) in [6.07, 6.45) is 2.75. The number of ether oxygens (including phenoxy) is 1. The second kappa shape index (κ2) is 3.77. The molecule has 14 heavy (non-hydrogen) atoms. The quantitative estimate of drug-likeness (QED) is 0.384. The summed E-state index contributed by atoms with van der Waals surface area (Å²) in [5, 5.41) is 10.4. The molecule has 5 nitrogen and oxygen atoms in total. The van der Waals surface area contributed by atoms with Crippen LogP contribution in [0.15, 0.2) is 11.8 Å². The number of nitrogens with zero attached hydrogens (tertiary/aromatic N) is 1. The lowest BCUT2D eigenvalue weighted by molar-refractivity contribution is -0.425. The van der Waals surface area contributed by atoms with E-state index in [2.05, 4.69) is 0 Å². The van der Waals surface area contributed by atoms with Crippen LogP contribution in [0.5, 0.6) is 0 Å². The van der Waals surface area contributed by atoms with Crippen LogP contribution < -0.4 is 0 Å². The maximum absolute atomic E-state index is 11.4. The van der Waals surface area contributed by atoms with Gasteiger partial charge in [-0.15, -0.1) is 0 Å². The van der Waals surface area contributed by atoms with Gasteiger partial charge in [-0.05, 0) is 19.8 Å². The Hall–Kier alpha value is -1.39. The Bertz CT molecular complexity index is 297. The third kappa shape index (κ3) is 2.10. The summed E-state index contributed by atoms with van der Waals surface area (Å²) in [5.74, 6) is -0.370. The van der Waals surface area contributed by atoms with Crippen molar-refractivity contribution in [2.24, 2.45) is 5.41 Å². The van der Waals surface area contributed by atoms with Gasteiger partial charge in [-0.25, -0.2) is 0 Å². The molecule has 0 aromatic rings. The summed E-state index contributed by atoms with van der Waals surface area (Å²) < 4.78 is 4.87. The van der Waals surface area contributed by atoms with Crippen molar-refractivity contribution in [2.45, 2.75) is 26.7 Å². The van der Waals surface area contributed by atoms with Gasteiger partial charge in [-0.3, -0.25) is 14.9 Å². The van der Waals surface area contributed by atoms with Gasteiger partial charge in [-0.2, -0.15) is 0 Å². The molecule has 0 aromatic heterocycles. The lowest BCUT2D eigenvalue weighted by atomic mass is 9.83. The third-order valence-corrected chi connectivity index (χ3v) is 2.36. The van der Waals surface area contributed by atoms with E-state index in [0.29, 0.717) is 13.0 Å². The van der Waals surface area contributed by atoms with E-state index in [9.17, 15) is 14.9 Å². The molecule has 0 unspecified atom stereocenters. The number of hydrogen-bond donors (Lipinski definition) is 0. The molecule has 0 N–H and O–H groups in total. The van der Waals surface area contributed by atoms with Gasteiger partial charge in [0, 0.05) is 13.0 Å². The summed E-state index contributed by atoms with van der Waals surface area (Å²) in [4.78, 5) is 21.3. The van der Waals surface area contributed by atoms with Crippen LogP contribution in [0, 0.1) is 15.5 Å². The van der Waals surface area contributed by atoms with Crippen molar-refractivity contribution >= 4 is 5.97 Å². The number of esters is 1. The SMILES string of the molecule is C/C(=C\[C@]1(C)CCCOC1=O)[N+](=O)[O-]. The zero-order valence-corrected chi connectivity index (χ0v) is 8.28. The minimum absolute atomic E-state index is 0.00801. The predicted molar refractivity (Wildman–Crippen MR) is 49.1 cm³/mol. The molecule has 1 aliphatic rings. The minimum Gasteiger partial charge on any atom is -0.465 e. The summed E-state index contributed by atoms with van der Waals surface area (Å²) in [5.41, 5.74) is -0.832. The van der Waals surface area contributed by atoms with E-state index < -0.39 is 10.3 Å². The van der Waals surface area contributed by atoms with E-state index in [1.165, 1.54) is 13.0 Å². The van der Waals surface area contributed by atoms with Crippen LogP contribution in [0.2, 0.25) is 0 Å². The third-order valence-electron chi connectivity index (χ3n) is 2.36. The molecule has 1 atom stereocenters. The largest absolute Gasteiger partial charge is 0.465 e. The van der Waals surface area contributed by atoms with Crippen molar-refractivity contribution in [3.05, 3.63) is 21.9 Å². The Balaban J connectivity index is 2.88. The predicted octanol–water partition coefficient (Wildman–Crippen LogP) is 1.51. The van der Waals surface area contributed by atoms with E-state index in [1.807, 2.05) is 0 Å². The van der Waals surface area contributed by atoms with Crippen LogP contribution in [0.25, 0.3) is 0 Å². The lowest BCUT2D eigenvalue weighted by Crippen LogP contribution is -2.33. The molecule has 1 fully saturated rings. The van der Waals surface area contributed by atoms with Gasteiger partial charge < -0.3 is 4.74 Å². The van der Waals surface area contributed by atoms with E-state index in [0.717, 1.165) is 6.42 Å². The zero-order chi connectivity index (χ0) is 10.8. The lowest BCUT2D eigenvalue weighted by Gasteiger charge is -2.27. The number of nitro groups is 1. The number of hydrogen-bond acceptors (Lipinski definition) is 4. The average Bonchev–Trinajstić information content (AvgIpc) is 2.10. The van der Waals surface area contributed by atoms with Gasteiger partial charge in [0.05, 0.1) is 16.9 Å². The summed E-state index contributed by atoms with van der Waals surface area (Å²) in [6, 6.07) is 0. The average molecular weight is 199 g/mol. The van der Waals surface area contributed by atoms with Crippen molar-refractivity contribution in [2.75, 3.05) is 6.61 Å². The first kappa shape index (κ1) is 10.7. The first-order chi connectivity index (χ1) is 6.46. The van der Waals surface area contributed by atoms with E-state index in [-0.39, 0.29) is 11.7 Å². The van der Waals surface area contributed by atoms with Crippen LogP contribution in [-0.4, -0.2) is 17.5 Å². The normalized spacial score (nSPS) is 28.4. The van der Waals surface area contributed by atoms with Crippen LogP contribution in [0.3, 0.4) is 0 Å². The summed E-state index contributed by atoms with van der Waals surface area (Å²) in [7, 11) is 0. The second-order valence-electron chi connectivity index (χ2n) is 3.70. The van der Waals surface area contributed by atoms with Gasteiger partial charge in [0.2, 0.25) is 5.70 Å². The Morgan fingerprint density at radius 1 is 1.71 bits per heavy atom. The number of rotatable bonds is 2. The number of allylic oxidation sites excluding steroid dienone is 1. The topological polar surface area (TPSA) is 69.4 Å². The fourth-order valence-corrected chi connectivity index (χ4v) is 1.52. The van der Waals surface area contributed by atoms with Crippen molar-refractivity contribution in [1.29, 1.82) is 0 Å². The highest BCUT2D eigenvalue weighted by atomic mass is 16.6. The highest BCUT2D eigenvalue weighted by molar-refractivity contribution is 5.79. The molecular weight excluding hydrogens is 186 g/mol. The monoisotopic (exact) mass is 199 g/mol. The molecule has 0 aromatic carbocycles. The molecule has 5 heteroatoms. The Labute approximate surface area is 81.9 Å². The zero-order valence-electron chi connectivity index (χ0n) is 8.28. The maximum Gasteiger partial charge on any atom is 0.315 e. The molecule has 0 bridgehead atoms. The molecule has 1 heterocycles. The highest BCUT2D eigenvalue weighted by Crippen LogP contribution is 2.31. The molecule has 0 aliphatic carbocycles. The maximum atomic E-state index is 11.4. The van der Waals surface area contributed by atoms with Crippen molar-refractivity contribution < 1.29 is 14.5 Å². The highest BCUT2D eigenvalue weighted by Gasteiger charge is 2.37. The number of carbonyl (C=O) groups is 1. The van der Waals surface area contributed by atoms with E-state index in [1.54, 1.807) is 6.92 Å². The fraction of sp³-hybridized carbons (Fsp3) is 0.667. The Kier molecular flexibility index (Phi) is 2.88. The van der Waals surface area contributed by atoms with Crippen LogP contribution in [-0.2, 0) is 9.53 Å². The van der Waals surface area contributed by atoms with E-state index in [4.69, 9.17) is 4.74 Å². The molecule has 1 rings (SSSR count). The Morgan fingerprint density at radius 2 is 2.36 bits per heavy atom. The van der Waals surface area contributed by atoms with Gasteiger partial charge in [0.15, 0.2) is 0 Å². The van der Waals surface area contributed by atoms with Crippen molar-refractivity contribution in [1.82, 2.24) is 0 Å². The second-order valence-corrected chi connectivity index (χ2v) is 3.70. The van der Waals surface area contributed by atoms with Gasteiger partial charge in [0.25, 0.3) is 0 Å². The molecule has 78 valence electrons. The summed E-state index contributed by atoms with van der Waals surface area (Å²) in [6.45, 7) is 3.47. The Morgan fingerprint density at radius 3 is 2.86 bits per heavy atom. The van der Waals surface area contributed by atoms with Crippen molar-refractivity contribution in [3.8, 4) is 0 Å². The van der Waals surface area contributed by atoms with Crippen LogP contribution in [0.4, 0.5) is 0 Å². The first-order valence-electron chi connectivity index (χ1n) is 4.47. The van der Waals surface area contributed by atoms with E-state index >= 15 is 0 Å². The van der Waals surface area contributed by atoms with Gasteiger partial charge in [0.1, 0.15) is 0 Å². The molecule has 0 amide bonds. The van der Waals surface area contributed by atoms with Crippen LogP contribution in [0.1, 0.15) is 26.7 Å². The molecule has 0 saturated carbocycles. The number of cyclic esters (lactones) is 1. The molecule has 0 radical (unpaired) electrons. The molecule has 0 spiro atoms. The molecule has 1 saturated heterocycles. The minimum atomic E-state index is -0.824. The molecule has 1 aliphatic heterocycles. The van der Waals surface area contributed by atoms with Crippen molar-refractivity contribution in [3.63, 3.8) is 0 Å².